The standard InChI is InChI=1S/C10H5BrClFN2O/c11-7-4-14-5-15-10(7)16-9-2-1-6(13)3-8(9)12/h1-5H. The van der Waals surface area contributed by atoms with E-state index in [2.05, 4.69) is 25.9 Å². The molecule has 0 aliphatic rings. The summed E-state index contributed by atoms with van der Waals surface area (Å²) < 4.78 is 18.8. The van der Waals surface area contributed by atoms with E-state index in [4.69, 9.17) is 16.3 Å². The van der Waals surface area contributed by atoms with Gasteiger partial charge >= 0.3 is 0 Å². The molecule has 0 amide bonds. The van der Waals surface area contributed by atoms with Crippen molar-refractivity contribution >= 4 is 27.5 Å². The number of rotatable bonds is 2. The first-order chi connectivity index (χ1) is 7.66. The Hall–Kier alpha value is -1.20. The summed E-state index contributed by atoms with van der Waals surface area (Å²) in [5.74, 6) is 0.241. The van der Waals surface area contributed by atoms with Crippen LogP contribution < -0.4 is 4.74 Å². The van der Waals surface area contributed by atoms with Crippen LogP contribution in [0.25, 0.3) is 0 Å². The zero-order chi connectivity index (χ0) is 11.5. The molecule has 0 aliphatic heterocycles. The van der Waals surface area contributed by atoms with Gasteiger partial charge in [0.15, 0.2) is 0 Å². The second-order valence-corrected chi connectivity index (χ2v) is 4.11. The molecule has 0 N–H and O–H groups in total. The molecular weight excluding hydrogens is 298 g/mol. The topological polar surface area (TPSA) is 35.0 Å². The van der Waals surface area contributed by atoms with Crippen molar-refractivity contribution in [1.82, 2.24) is 9.97 Å². The van der Waals surface area contributed by atoms with Crippen molar-refractivity contribution in [2.24, 2.45) is 0 Å². The van der Waals surface area contributed by atoms with Gasteiger partial charge in [-0.1, -0.05) is 11.6 Å². The van der Waals surface area contributed by atoms with Crippen molar-refractivity contribution in [3.8, 4) is 11.6 Å². The molecule has 2 aromatic rings. The number of hydrogen-bond donors (Lipinski definition) is 0. The minimum absolute atomic E-state index is 0.186. The monoisotopic (exact) mass is 302 g/mol. The van der Waals surface area contributed by atoms with E-state index in [0.29, 0.717) is 16.1 Å². The SMILES string of the molecule is Fc1ccc(Oc2ncncc2Br)c(Cl)c1. The molecule has 6 heteroatoms. The first-order valence-electron chi connectivity index (χ1n) is 4.25. The second kappa shape index (κ2) is 4.76. The molecule has 0 atom stereocenters. The van der Waals surface area contributed by atoms with Crippen molar-refractivity contribution in [3.05, 3.63) is 46.0 Å². The number of hydrogen-bond acceptors (Lipinski definition) is 3. The van der Waals surface area contributed by atoms with Crippen LogP contribution in [0.2, 0.25) is 5.02 Å². The molecule has 0 unspecified atom stereocenters. The molecule has 0 radical (unpaired) electrons. The van der Waals surface area contributed by atoms with Crippen LogP contribution in [-0.2, 0) is 0 Å². The van der Waals surface area contributed by atoms with E-state index in [0.717, 1.165) is 0 Å². The zero-order valence-electron chi connectivity index (χ0n) is 7.82. The number of nitrogens with zero attached hydrogens (tertiary/aromatic N) is 2. The van der Waals surface area contributed by atoms with Crippen molar-refractivity contribution in [3.63, 3.8) is 0 Å². The quantitative estimate of drug-likeness (QED) is 0.846. The van der Waals surface area contributed by atoms with Crippen LogP contribution in [0.3, 0.4) is 0 Å². The van der Waals surface area contributed by atoms with Crippen LogP contribution in [0.4, 0.5) is 4.39 Å². The lowest BCUT2D eigenvalue weighted by atomic mass is 10.3. The minimum Gasteiger partial charge on any atom is -0.436 e. The highest BCUT2D eigenvalue weighted by Crippen LogP contribution is 2.31. The van der Waals surface area contributed by atoms with Crippen LogP contribution in [0, 0.1) is 5.82 Å². The molecule has 82 valence electrons. The Kier molecular flexibility index (Phi) is 3.36. The average Bonchev–Trinajstić information content (AvgIpc) is 2.25. The third-order valence-electron chi connectivity index (χ3n) is 1.73. The molecule has 1 aromatic carbocycles. The van der Waals surface area contributed by atoms with Crippen molar-refractivity contribution in [2.75, 3.05) is 0 Å². The van der Waals surface area contributed by atoms with Crippen LogP contribution in [0.5, 0.6) is 11.6 Å². The Morgan fingerprint density at radius 2 is 2.19 bits per heavy atom. The molecule has 1 heterocycles. The Morgan fingerprint density at radius 3 is 2.88 bits per heavy atom. The molecule has 0 aliphatic carbocycles. The smallest absolute Gasteiger partial charge is 0.236 e. The van der Waals surface area contributed by atoms with Gasteiger partial charge in [-0.3, -0.25) is 0 Å². The molecule has 1 aromatic heterocycles. The van der Waals surface area contributed by atoms with Gasteiger partial charge in [0.05, 0.1) is 9.50 Å². The molecule has 0 fully saturated rings. The number of ether oxygens (including phenoxy) is 1. The maximum Gasteiger partial charge on any atom is 0.236 e. The fourth-order valence-corrected chi connectivity index (χ4v) is 1.55. The number of halogens is 3. The number of benzene rings is 1. The number of aromatic nitrogens is 2. The summed E-state index contributed by atoms with van der Waals surface area (Å²) in [7, 11) is 0. The van der Waals surface area contributed by atoms with Gasteiger partial charge in [0.2, 0.25) is 5.88 Å². The van der Waals surface area contributed by atoms with Gasteiger partial charge in [-0.15, -0.1) is 0 Å². The Bertz CT molecular complexity index is 524. The minimum atomic E-state index is -0.417. The Labute approximate surface area is 104 Å². The molecule has 0 bridgehead atoms. The average molecular weight is 304 g/mol. The van der Waals surface area contributed by atoms with Gasteiger partial charge in [-0.25, -0.2) is 14.4 Å². The van der Waals surface area contributed by atoms with Gasteiger partial charge in [-0.2, -0.15) is 0 Å². The summed E-state index contributed by atoms with van der Waals surface area (Å²) in [6.45, 7) is 0. The van der Waals surface area contributed by atoms with Gasteiger partial charge in [0, 0.05) is 6.20 Å². The fourth-order valence-electron chi connectivity index (χ4n) is 1.04. The van der Waals surface area contributed by atoms with E-state index >= 15 is 0 Å². The predicted molar refractivity (Wildman–Crippen MR) is 61.2 cm³/mol. The molecule has 16 heavy (non-hydrogen) atoms. The van der Waals surface area contributed by atoms with E-state index < -0.39 is 5.82 Å². The lowest BCUT2D eigenvalue weighted by Gasteiger charge is -2.07. The predicted octanol–water partition coefficient (Wildman–Crippen LogP) is 3.82. The van der Waals surface area contributed by atoms with Gasteiger partial charge in [0.1, 0.15) is 17.9 Å². The second-order valence-electron chi connectivity index (χ2n) is 2.85. The third-order valence-corrected chi connectivity index (χ3v) is 2.57. The van der Waals surface area contributed by atoms with Gasteiger partial charge in [0.25, 0.3) is 0 Å². The van der Waals surface area contributed by atoms with Crippen LogP contribution in [0.1, 0.15) is 0 Å². The normalized spacial score (nSPS) is 10.2. The van der Waals surface area contributed by atoms with Crippen molar-refractivity contribution in [1.29, 1.82) is 0 Å². The molecular formula is C10H5BrClFN2O. The largest absolute Gasteiger partial charge is 0.436 e. The third kappa shape index (κ3) is 2.48. The highest BCUT2D eigenvalue weighted by Gasteiger charge is 2.08. The summed E-state index contributed by atoms with van der Waals surface area (Å²) >= 11 is 9.03. The Balaban J connectivity index is 2.31. The lowest BCUT2D eigenvalue weighted by Crippen LogP contribution is -1.91. The summed E-state index contributed by atoms with van der Waals surface area (Å²) in [5.41, 5.74) is 0. The summed E-state index contributed by atoms with van der Waals surface area (Å²) in [4.78, 5) is 7.70. The molecule has 2 rings (SSSR count). The lowest BCUT2D eigenvalue weighted by molar-refractivity contribution is 0.456. The van der Waals surface area contributed by atoms with E-state index in [1.165, 1.54) is 24.5 Å². The maximum absolute atomic E-state index is 12.8. The summed E-state index contributed by atoms with van der Waals surface area (Å²) in [6, 6.07) is 3.87. The van der Waals surface area contributed by atoms with Gasteiger partial charge in [-0.05, 0) is 34.1 Å². The maximum atomic E-state index is 12.8. The molecule has 0 spiro atoms. The van der Waals surface area contributed by atoms with Crippen LogP contribution in [-0.4, -0.2) is 9.97 Å². The highest BCUT2D eigenvalue weighted by atomic mass is 79.9. The van der Waals surface area contributed by atoms with Crippen LogP contribution in [0.15, 0.2) is 35.2 Å². The molecule has 0 saturated carbocycles. The molecule has 3 nitrogen and oxygen atoms in total. The van der Waals surface area contributed by atoms with Crippen molar-refractivity contribution < 1.29 is 9.13 Å². The first kappa shape index (κ1) is 11.3. The van der Waals surface area contributed by atoms with Gasteiger partial charge < -0.3 is 4.74 Å². The van der Waals surface area contributed by atoms with Crippen molar-refractivity contribution in [2.45, 2.75) is 0 Å². The molecule has 0 saturated heterocycles. The van der Waals surface area contributed by atoms with E-state index in [9.17, 15) is 4.39 Å². The summed E-state index contributed by atoms with van der Waals surface area (Å²) in [6.07, 6.45) is 2.89. The fraction of sp³-hybridized carbons (Fsp3) is 0. The Morgan fingerprint density at radius 1 is 1.38 bits per heavy atom. The van der Waals surface area contributed by atoms with E-state index in [1.54, 1.807) is 6.20 Å². The van der Waals surface area contributed by atoms with Crippen LogP contribution >= 0.6 is 27.5 Å². The summed E-state index contributed by atoms with van der Waals surface area (Å²) in [5, 5.41) is 0.186. The zero-order valence-corrected chi connectivity index (χ0v) is 10.2. The highest BCUT2D eigenvalue weighted by molar-refractivity contribution is 9.10. The van der Waals surface area contributed by atoms with E-state index in [-0.39, 0.29) is 5.02 Å². The first-order valence-corrected chi connectivity index (χ1v) is 5.42. The van der Waals surface area contributed by atoms with E-state index in [1.807, 2.05) is 0 Å².